The van der Waals surface area contributed by atoms with Gasteiger partial charge in [-0.15, -0.1) is 0 Å². The standard InChI is InChI=1S/C30H22O12/c31-14-8-18(34)23-21(10-14)41-29(27(38)25(23)36)12-1-4-16(5-2-12)40-20-7-13(3-6-17(20)33)30-28(39)26(37)24-19(35)9-15(32)11-22(24)42-30/h1-11,27-35,38-39H/t27-,28+,29-,30-/m1/s1. The van der Waals surface area contributed by atoms with Gasteiger partial charge in [0.1, 0.15) is 51.4 Å². The second kappa shape index (κ2) is 9.87. The van der Waals surface area contributed by atoms with Gasteiger partial charge in [0, 0.05) is 24.3 Å². The van der Waals surface area contributed by atoms with Gasteiger partial charge in [-0.25, -0.2) is 0 Å². The summed E-state index contributed by atoms with van der Waals surface area (Å²) in [5.41, 5.74) is 0.115. The molecule has 0 bridgehead atoms. The van der Waals surface area contributed by atoms with Gasteiger partial charge >= 0.3 is 0 Å². The Morgan fingerprint density at radius 3 is 1.57 bits per heavy atom. The highest BCUT2D eigenvalue weighted by Crippen LogP contribution is 2.44. The van der Waals surface area contributed by atoms with Crippen molar-refractivity contribution in [3.05, 3.63) is 89.0 Å². The van der Waals surface area contributed by atoms with Crippen LogP contribution in [0, 0.1) is 0 Å². The average Bonchev–Trinajstić information content (AvgIpc) is 2.93. The number of aliphatic hydroxyl groups excluding tert-OH is 2. The molecule has 4 aromatic rings. The number of ether oxygens (including phenoxy) is 3. The molecule has 0 aliphatic carbocycles. The summed E-state index contributed by atoms with van der Waals surface area (Å²) in [5, 5.41) is 71.2. The second-order valence-electron chi connectivity index (χ2n) is 9.77. The van der Waals surface area contributed by atoms with E-state index in [1.54, 1.807) is 0 Å². The number of aromatic hydroxyl groups is 5. The molecule has 0 aromatic heterocycles. The van der Waals surface area contributed by atoms with Crippen LogP contribution in [-0.4, -0.2) is 59.5 Å². The van der Waals surface area contributed by atoms with Crippen LogP contribution in [0.15, 0.2) is 66.7 Å². The van der Waals surface area contributed by atoms with E-state index >= 15 is 0 Å². The Kier molecular flexibility index (Phi) is 6.29. The van der Waals surface area contributed by atoms with Crippen LogP contribution >= 0.6 is 0 Å². The van der Waals surface area contributed by atoms with Crippen molar-refractivity contribution in [2.45, 2.75) is 24.4 Å². The predicted molar refractivity (Wildman–Crippen MR) is 142 cm³/mol. The van der Waals surface area contributed by atoms with Crippen molar-refractivity contribution in [2.24, 2.45) is 0 Å². The van der Waals surface area contributed by atoms with Crippen LogP contribution in [0.4, 0.5) is 0 Å². The zero-order valence-electron chi connectivity index (χ0n) is 21.3. The summed E-state index contributed by atoms with van der Waals surface area (Å²) in [4.78, 5) is 25.4. The van der Waals surface area contributed by atoms with Gasteiger partial charge in [-0.3, -0.25) is 9.59 Å². The smallest absolute Gasteiger partial charge is 0.202 e. The summed E-state index contributed by atoms with van der Waals surface area (Å²) < 4.78 is 17.2. The molecule has 42 heavy (non-hydrogen) atoms. The maximum Gasteiger partial charge on any atom is 0.202 e. The first kappa shape index (κ1) is 26.7. The number of ketones is 2. The van der Waals surface area contributed by atoms with E-state index in [0.29, 0.717) is 5.56 Å². The summed E-state index contributed by atoms with van der Waals surface area (Å²) in [6.45, 7) is 0. The van der Waals surface area contributed by atoms with Crippen molar-refractivity contribution < 1.29 is 59.5 Å². The normalized spacial score (nSPS) is 21.1. The first-order valence-corrected chi connectivity index (χ1v) is 12.5. The molecule has 0 amide bonds. The molecule has 2 heterocycles. The molecule has 0 radical (unpaired) electrons. The Bertz CT molecular complexity index is 1750. The van der Waals surface area contributed by atoms with E-state index in [-0.39, 0.29) is 56.9 Å². The van der Waals surface area contributed by atoms with E-state index in [9.17, 15) is 45.3 Å². The Morgan fingerprint density at radius 1 is 0.571 bits per heavy atom. The van der Waals surface area contributed by atoms with E-state index in [0.717, 1.165) is 24.3 Å². The third kappa shape index (κ3) is 4.44. The second-order valence-corrected chi connectivity index (χ2v) is 9.77. The highest BCUT2D eigenvalue weighted by atomic mass is 16.5. The van der Waals surface area contributed by atoms with Gasteiger partial charge < -0.3 is 50.0 Å². The molecule has 12 heteroatoms. The zero-order valence-corrected chi connectivity index (χ0v) is 21.3. The number of carbonyl (C=O) groups is 2. The van der Waals surface area contributed by atoms with E-state index in [1.807, 2.05) is 0 Å². The molecule has 4 aromatic carbocycles. The minimum absolute atomic E-state index is 0.0583. The number of aliphatic hydroxyl groups is 2. The number of Topliss-reactive ketones (excluding diaryl/α,β-unsaturated/α-hetero) is 2. The molecule has 0 saturated carbocycles. The minimum Gasteiger partial charge on any atom is -0.508 e. The Hall–Kier alpha value is -5.46. The SMILES string of the molecule is O=C1c2c(O)cc(O)cc2O[C@H](c2ccc(Oc3cc([C@H]4Oc5cc(O)cc(O)c5C(=O)[C@@H]4O)ccc3O)cc2)[C@@H]1O. The Labute approximate surface area is 236 Å². The number of benzene rings is 4. The van der Waals surface area contributed by atoms with Gasteiger partial charge in [0.2, 0.25) is 11.6 Å². The van der Waals surface area contributed by atoms with Crippen molar-refractivity contribution in [1.82, 2.24) is 0 Å². The summed E-state index contributed by atoms with van der Waals surface area (Å²) in [5.74, 6) is -3.65. The lowest BCUT2D eigenvalue weighted by Gasteiger charge is -2.30. The minimum atomic E-state index is -1.71. The third-order valence-corrected chi connectivity index (χ3v) is 6.99. The Balaban J connectivity index is 1.24. The van der Waals surface area contributed by atoms with Gasteiger partial charge in [0.15, 0.2) is 35.9 Å². The predicted octanol–water partition coefficient (Wildman–Crippen LogP) is 3.36. The molecule has 0 fully saturated rings. The molecule has 6 rings (SSSR count). The molecule has 0 saturated heterocycles. The molecule has 12 nitrogen and oxygen atoms in total. The fourth-order valence-corrected chi connectivity index (χ4v) is 4.97. The summed E-state index contributed by atoms with van der Waals surface area (Å²) in [6.07, 6.45) is -5.75. The van der Waals surface area contributed by atoms with Gasteiger partial charge in [-0.1, -0.05) is 18.2 Å². The fraction of sp³-hybridized carbons (Fsp3) is 0.133. The number of carbonyl (C=O) groups excluding carboxylic acids is 2. The van der Waals surface area contributed by atoms with Crippen LogP contribution in [0.25, 0.3) is 0 Å². The highest BCUT2D eigenvalue weighted by Gasteiger charge is 2.40. The fourth-order valence-electron chi connectivity index (χ4n) is 4.97. The summed E-state index contributed by atoms with van der Waals surface area (Å²) in [6, 6.07) is 14.2. The van der Waals surface area contributed by atoms with Crippen LogP contribution in [0.1, 0.15) is 44.1 Å². The first-order valence-electron chi connectivity index (χ1n) is 12.5. The van der Waals surface area contributed by atoms with Gasteiger partial charge in [-0.05, 0) is 35.4 Å². The number of phenolic OH excluding ortho intramolecular Hbond substituents is 5. The molecular formula is C30H22O12. The summed E-state index contributed by atoms with van der Waals surface area (Å²) in [7, 11) is 0. The maximum atomic E-state index is 12.8. The third-order valence-electron chi connectivity index (χ3n) is 6.99. The first-order chi connectivity index (χ1) is 20.0. The number of phenols is 5. The van der Waals surface area contributed by atoms with Crippen LogP contribution < -0.4 is 14.2 Å². The number of fused-ring (bicyclic) bond motifs is 2. The topological polar surface area (TPSA) is 203 Å². The lowest BCUT2D eigenvalue weighted by molar-refractivity contribution is 0.0207. The largest absolute Gasteiger partial charge is 0.508 e. The molecule has 2 aliphatic heterocycles. The maximum absolute atomic E-state index is 12.8. The van der Waals surface area contributed by atoms with Gasteiger partial charge in [-0.2, -0.15) is 0 Å². The van der Waals surface area contributed by atoms with Crippen molar-refractivity contribution in [2.75, 3.05) is 0 Å². The van der Waals surface area contributed by atoms with E-state index in [4.69, 9.17) is 14.2 Å². The van der Waals surface area contributed by atoms with Crippen molar-refractivity contribution in [3.8, 4) is 51.7 Å². The average molecular weight is 574 g/mol. The molecular weight excluding hydrogens is 552 g/mol. The Morgan fingerprint density at radius 2 is 1.05 bits per heavy atom. The molecule has 0 spiro atoms. The van der Waals surface area contributed by atoms with Crippen LogP contribution in [0.2, 0.25) is 0 Å². The monoisotopic (exact) mass is 574 g/mol. The number of hydrogen-bond acceptors (Lipinski definition) is 12. The highest BCUT2D eigenvalue weighted by molar-refractivity contribution is 6.06. The van der Waals surface area contributed by atoms with Crippen LogP contribution in [0.3, 0.4) is 0 Å². The number of rotatable bonds is 4. The quantitative estimate of drug-likeness (QED) is 0.187. The van der Waals surface area contributed by atoms with Crippen LogP contribution in [0.5, 0.6) is 51.7 Å². The van der Waals surface area contributed by atoms with E-state index < -0.39 is 47.5 Å². The molecule has 2 aliphatic rings. The lowest BCUT2D eigenvalue weighted by atomic mass is 9.92. The molecule has 7 N–H and O–H groups in total. The lowest BCUT2D eigenvalue weighted by Crippen LogP contribution is -2.36. The van der Waals surface area contributed by atoms with Crippen molar-refractivity contribution >= 4 is 11.6 Å². The van der Waals surface area contributed by atoms with Gasteiger partial charge in [0.25, 0.3) is 0 Å². The van der Waals surface area contributed by atoms with E-state index in [2.05, 4.69) is 0 Å². The van der Waals surface area contributed by atoms with Crippen molar-refractivity contribution in [1.29, 1.82) is 0 Å². The molecule has 214 valence electrons. The molecule has 4 atom stereocenters. The number of hydrogen-bond donors (Lipinski definition) is 7. The summed E-state index contributed by atoms with van der Waals surface area (Å²) >= 11 is 0. The van der Waals surface area contributed by atoms with Gasteiger partial charge in [0.05, 0.1) is 0 Å². The van der Waals surface area contributed by atoms with E-state index in [1.165, 1.54) is 42.5 Å². The molecule has 0 unspecified atom stereocenters. The van der Waals surface area contributed by atoms with Crippen LogP contribution in [-0.2, 0) is 0 Å². The zero-order chi connectivity index (χ0) is 29.9. The van der Waals surface area contributed by atoms with Crippen molar-refractivity contribution in [3.63, 3.8) is 0 Å².